The SMILES string of the molecule is CCOc1ccccc1[C@H]1[C@H]2CCCC[C@@]2(O)CCN1C(=O)/C=C/c1ccc(OC)c(OC)c1. The van der Waals surface area contributed by atoms with Crippen LogP contribution in [0.25, 0.3) is 6.08 Å². The van der Waals surface area contributed by atoms with Gasteiger partial charge < -0.3 is 24.2 Å². The van der Waals surface area contributed by atoms with E-state index in [1.165, 1.54) is 0 Å². The molecule has 182 valence electrons. The number of fused-ring (bicyclic) bond motifs is 1. The van der Waals surface area contributed by atoms with Gasteiger partial charge in [-0.1, -0.05) is 37.1 Å². The summed E-state index contributed by atoms with van der Waals surface area (Å²) in [5, 5.41) is 11.5. The first-order valence-corrected chi connectivity index (χ1v) is 12.2. The highest BCUT2D eigenvalue weighted by Crippen LogP contribution is 2.50. The average Bonchev–Trinajstić information content (AvgIpc) is 2.86. The second-order valence-corrected chi connectivity index (χ2v) is 9.10. The fraction of sp³-hybridized carbons (Fsp3) is 0.464. The first kappa shape index (κ1) is 24.1. The van der Waals surface area contributed by atoms with Crippen molar-refractivity contribution in [3.63, 3.8) is 0 Å². The largest absolute Gasteiger partial charge is 0.494 e. The van der Waals surface area contributed by atoms with E-state index in [1.54, 1.807) is 26.4 Å². The third kappa shape index (κ3) is 4.78. The fourth-order valence-electron chi connectivity index (χ4n) is 5.55. The molecule has 2 aliphatic rings. The van der Waals surface area contributed by atoms with Crippen molar-refractivity contribution in [2.45, 2.75) is 50.7 Å². The first-order chi connectivity index (χ1) is 16.5. The Labute approximate surface area is 202 Å². The van der Waals surface area contributed by atoms with Gasteiger partial charge in [0.25, 0.3) is 0 Å². The molecule has 0 aromatic heterocycles. The first-order valence-electron chi connectivity index (χ1n) is 12.2. The summed E-state index contributed by atoms with van der Waals surface area (Å²) in [6.07, 6.45) is 7.78. The predicted octanol–water partition coefficient (Wildman–Crippen LogP) is 5.01. The molecule has 2 fully saturated rings. The number of carbonyl (C=O) groups excluding carboxylic acids is 1. The Morgan fingerprint density at radius 3 is 2.65 bits per heavy atom. The molecule has 0 radical (unpaired) electrons. The van der Waals surface area contributed by atoms with Gasteiger partial charge >= 0.3 is 0 Å². The number of piperidine rings is 1. The van der Waals surface area contributed by atoms with Crippen molar-refractivity contribution in [3.05, 3.63) is 59.7 Å². The molecule has 1 saturated carbocycles. The van der Waals surface area contributed by atoms with Crippen molar-refractivity contribution in [2.24, 2.45) is 5.92 Å². The molecule has 1 saturated heterocycles. The van der Waals surface area contributed by atoms with Crippen LogP contribution in [0.3, 0.4) is 0 Å². The molecule has 4 rings (SSSR count). The monoisotopic (exact) mass is 465 g/mol. The van der Waals surface area contributed by atoms with Crippen LogP contribution in [0.5, 0.6) is 17.2 Å². The average molecular weight is 466 g/mol. The van der Waals surface area contributed by atoms with Crippen molar-refractivity contribution in [3.8, 4) is 17.2 Å². The normalized spacial score (nSPS) is 24.5. The lowest BCUT2D eigenvalue weighted by atomic mass is 9.66. The van der Waals surface area contributed by atoms with E-state index >= 15 is 0 Å². The topological polar surface area (TPSA) is 68.2 Å². The number of amides is 1. The third-order valence-corrected chi connectivity index (χ3v) is 7.21. The van der Waals surface area contributed by atoms with E-state index in [0.717, 1.165) is 42.6 Å². The number of hydrogen-bond acceptors (Lipinski definition) is 5. The summed E-state index contributed by atoms with van der Waals surface area (Å²) in [5.74, 6) is 1.96. The van der Waals surface area contributed by atoms with Crippen LogP contribution in [0.15, 0.2) is 48.5 Å². The zero-order chi connectivity index (χ0) is 24.1. The van der Waals surface area contributed by atoms with E-state index in [-0.39, 0.29) is 17.9 Å². The number of rotatable bonds is 7. The number of carbonyl (C=O) groups is 1. The van der Waals surface area contributed by atoms with Crippen LogP contribution in [0.4, 0.5) is 0 Å². The summed E-state index contributed by atoms with van der Waals surface area (Å²) in [6, 6.07) is 13.3. The molecule has 1 N–H and O–H groups in total. The Bertz CT molecular complexity index is 1040. The zero-order valence-corrected chi connectivity index (χ0v) is 20.3. The number of likely N-dealkylation sites (tertiary alicyclic amines) is 1. The molecule has 2 aromatic carbocycles. The van der Waals surface area contributed by atoms with Crippen LogP contribution in [0.1, 0.15) is 56.2 Å². The molecule has 1 heterocycles. The molecule has 34 heavy (non-hydrogen) atoms. The molecule has 3 atom stereocenters. The van der Waals surface area contributed by atoms with Crippen LogP contribution in [0, 0.1) is 5.92 Å². The highest BCUT2D eigenvalue weighted by molar-refractivity contribution is 5.92. The number of nitrogens with zero attached hydrogens (tertiary/aromatic N) is 1. The lowest BCUT2D eigenvalue weighted by molar-refractivity contribution is -0.151. The van der Waals surface area contributed by atoms with Crippen molar-refractivity contribution in [1.29, 1.82) is 0 Å². The number of aliphatic hydroxyl groups is 1. The van der Waals surface area contributed by atoms with Gasteiger partial charge in [0.1, 0.15) is 5.75 Å². The Hall–Kier alpha value is -2.99. The second kappa shape index (κ2) is 10.5. The zero-order valence-electron chi connectivity index (χ0n) is 20.3. The summed E-state index contributed by atoms with van der Waals surface area (Å²) in [6.45, 7) is 3.02. The summed E-state index contributed by atoms with van der Waals surface area (Å²) >= 11 is 0. The minimum atomic E-state index is -0.744. The van der Waals surface area contributed by atoms with E-state index in [0.29, 0.717) is 31.1 Å². The summed E-state index contributed by atoms with van der Waals surface area (Å²) in [4.78, 5) is 15.5. The van der Waals surface area contributed by atoms with Gasteiger partial charge in [-0.3, -0.25) is 4.79 Å². The van der Waals surface area contributed by atoms with E-state index in [2.05, 4.69) is 0 Å². The minimum Gasteiger partial charge on any atom is -0.494 e. The number of ether oxygens (including phenoxy) is 3. The maximum atomic E-state index is 13.5. The molecule has 0 unspecified atom stereocenters. The molecule has 1 aliphatic heterocycles. The highest BCUT2D eigenvalue weighted by Gasteiger charge is 2.50. The molecule has 2 aromatic rings. The lowest BCUT2D eigenvalue weighted by Gasteiger charge is -2.52. The van der Waals surface area contributed by atoms with Crippen molar-refractivity contribution in [2.75, 3.05) is 27.4 Å². The molecule has 1 amide bonds. The lowest BCUT2D eigenvalue weighted by Crippen LogP contribution is -2.56. The van der Waals surface area contributed by atoms with Crippen molar-refractivity contribution >= 4 is 12.0 Å². The van der Waals surface area contributed by atoms with Crippen molar-refractivity contribution in [1.82, 2.24) is 4.90 Å². The van der Waals surface area contributed by atoms with Gasteiger partial charge in [0.05, 0.1) is 32.5 Å². The van der Waals surface area contributed by atoms with Gasteiger partial charge in [-0.15, -0.1) is 0 Å². The van der Waals surface area contributed by atoms with E-state index in [9.17, 15) is 9.90 Å². The van der Waals surface area contributed by atoms with E-state index in [4.69, 9.17) is 14.2 Å². The van der Waals surface area contributed by atoms with Crippen LogP contribution >= 0.6 is 0 Å². The van der Waals surface area contributed by atoms with Gasteiger partial charge in [-0.05, 0) is 56.0 Å². The predicted molar refractivity (Wildman–Crippen MR) is 132 cm³/mol. The summed E-state index contributed by atoms with van der Waals surface area (Å²) in [5.41, 5.74) is 1.08. The van der Waals surface area contributed by atoms with E-state index in [1.807, 2.05) is 54.3 Å². The van der Waals surface area contributed by atoms with Crippen LogP contribution in [-0.4, -0.2) is 48.9 Å². The van der Waals surface area contributed by atoms with E-state index < -0.39 is 5.60 Å². The fourth-order valence-corrected chi connectivity index (χ4v) is 5.55. The molecule has 0 spiro atoms. The molecule has 0 bridgehead atoms. The number of para-hydroxylation sites is 1. The van der Waals surface area contributed by atoms with Gasteiger partial charge in [0.2, 0.25) is 5.91 Å². The summed E-state index contributed by atoms with van der Waals surface area (Å²) in [7, 11) is 3.19. The minimum absolute atomic E-state index is 0.0185. The standard InChI is InChI=1S/C28H35NO5/c1-4-34-23-11-6-5-9-21(23)27-22-10-7-8-16-28(22,31)17-18-29(27)26(30)15-13-20-12-14-24(32-2)25(19-20)33-3/h5-6,9,11-15,19,22,27,31H,4,7-8,10,16-18H2,1-3H3/b15-13+/t22-,27+,28-/m1/s1. The number of methoxy groups -OCH3 is 2. The van der Waals surface area contributed by atoms with Crippen LogP contribution in [-0.2, 0) is 4.79 Å². The summed E-state index contributed by atoms with van der Waals surface area (Å²) < 4.78 is 16.6. The number of hydrogen-bond donors (Lipinski definition) is 1. The highest BCUT2D eigenvalue weighted by atomic mass is 16.5. The molecule has 6 nitrogen and oxygen atoms in total. The molecular formula is C28H35NO5. The smallest absolute Gasteiger partial charge is 0.247 e. The second-order valence-electron chi connectivity index (χ2n) is 9.10. The maximum Gasteiger partial charge on any atom is 0.247 e. The Kier molecular flexibility index (Phi) is 7.47. The number of benzene rings is 2. The van der Waals surface area contributed by atoms with Crippen molar-refractivity contribution < 1.29 is 24.1 Å². The Morgan fingerprint density at radius 2 is 1.88 bits per heavy atom. The molecule has 1 aliphatic carbocycles. The van der Waals surface area contributed by atoms with Gasteiger partial charge in [-0.25, -0.2) is 0 Å². The molecule has 6 heteroatoms. The van der Waals surface area contributed by atoms with Crippen LogP contribution in [0.2, 0.25) is 0 Å². The van der Waals surface area contributed by atoms with Crippen LogP contribution < -0.4 is 14.2 Å². The van der Waals surface area contributed by atoms with Gasteiger partial charge in [-0.2, -0.15) is 0 Å². The maximum absolute atomic E-state index is 13.5. The Balaban J connectivity index is 1.66. The Morgan fingerprint density at radius 1 is 1.09 bits per heavy atom. The molecular weight excluding hydrogens is 430 g/mol. The van der Waals surface area contributed by atoms with Gasteiger partial charge in [0, 0.05) is 24.1 Å². The van der Waals surface area contributed by atoms with Gasteiger partial charge in [0.15, 0.2) is 11.5 Å². The third-order valence-electron chi connectivity index (χ3n) is 7.21. The quantitative estimate of drug-likeness (QED) is 0.582.